The van der Waals surface area contributed by atoms with Crippen molar-refractivity contribution in [1.29, 1.82) is 0 Å². The highest BCUT2D eigenvalue weighted by molar-refractivity contribution is 7.13. The Morgan fingerprint density at radius 1 is 1.35 bits per heavy atom. The topological polar surface area (TPSA) is 97.8 Å². The van der Waals surface area contributed by atoms with Gasteiger partial charge in [0.25, 0.3) is 0 Å². The smallest absolute Gasteiger partial charge is 0.331 e. The first-order valence-corrected chi connectivity index (χ1v) is 8.85. The lowest BCUT2D eigenvalue weighted by Crippen LogP contribution is -2.44. The Morgan fingerprint density at radius 3 is 2.81 bits per heavy atom. The van der Waals surface area contributed by atoms with Crippen molar-refractivity contribution in [3.63, 3.8) is 0 Å². The van der Waals surface area contributed by atoms with Crippen molar-refractivity contribution in [1.82, 2.24) is 9.69 Å². The summed E-state index contributed by atoms with van der Waals surface area (Å²) in [6.45, 7) is 6.48. The van der Waals surface area contributed by atoms with E-state index in [9.17, 15) is 9.59 Å². The zero-order valence-corrected chi connectivity index (χ0v) is 15.7. The van der Waals surface area contributed by atoms with E-state index >= 15 is 0 Å². The number of fused-ring (bicyclic) bond motifs is 1. The maximum absolute atomic E-state index is 11.8. The molecule has 2 N–H and O–H groups in total. The van der Waals surface area contributed by atoms with Gasteiger partial charge in [-0.25, -0.2) is 9.59 Å². The molecule has 0 aliphatic heterocycles. The summed E-state index contributed by atoms with van der Waals surface area (Å²) < 4.78 is 16.3. The van der Waals surface area contributed by atoms with E-state index in [2.05, 4.69) is 9.69 Å². The van der Waals surface area contributed by atoms with Crippen molar-refractivity contribution in [3.8, 4) is 5.75 Å². The largest absolute Gasteiger partial charge is 0.489 e. The number of nitrogens with zero attached hydrogens (tertiary/aromatic N) is 1. The van der Waals surface area contributed by atoms with Crippen LogP contribution in [0.3, 0.4) is 0 Å². The van der Waals surface area contributed by atoms with Crippen molar-refractivity contribution in [2.75, 3.05) is 13.2 Å². The Hall–Kier alpha value is -2.45. The summed E-state index contributed by atoms with van der Waals surface area (Å²) in [5, 5.41) is 12.8. The number of carboxylic acid groups (broad SMARTS) is 1. The molecule has 1 atom stereocenters. The standard InChI is InChI=1S/C18H22N2O5S/c1-18(2,3)19-9-12(25-17(23)8-7-16(21)22)11-24-14-5-4-6-15-13(14)10-20-26-15/h4-8,10,12,19H,9,11H2,1-3H3,(H,21,22)/b8-7-. The summed E-state index contributed by atoms with van der Waals surface area (Å²) in [7, 11) is 0. The number of carbonyl (C=O) groups excluding carboxylic acids is 1. The summed E-state index contributed by atoms with van der Waals surface area (Å²) in [5.74, 6) is -1.28. The van der Waals surface area contributed by atoms with Gasteiger partial charge in [-0.2, -0.15) is 4.37 Å². The van der Waals surface area contributed by atoms with Crippen molar-refractivity contribution < 1.29 is 24.2 Å². The minimum atomic E-state index is -1.21. The van der Waals surface area contributed by atoms with Gasteiger partial charge in [-0.3, -0.25) is 0 Å². The molecule has 1 aromatic heterocycles. The fraction of sp³-hybridized carbons (Fsp3) is 0.389. The van der Waals surface area contributed by atoms with Crippen molar-refractivity contribution in [2.45, 2.75) is 32.4 Å². The first kappa shape index (κ1) is 19.9. The average Bonchev–Trinajstić information content (AvgIpc) is 3.04. The van der Waals surface area contributed by atoms with Gasteiger partial charge in [-0.05, 0) is 44.4 Å². The second kappa shape index (κ2) is 8.77. The molecule has 140 valence electrons. The number of ether oxygens (including phenoxy) is 2. The van der Waals surface area contributed by atoms with Crippen LogP contribution in [0.2, 0.25) is 0 Å². The molecule has 1 unspecified atom stereocenters. The molecule has 1 aromatic carbocycles. The SMILES string of the molecule is CC(C)(C)NCC(COc1cccc2sncc12)OC(=O)/C=C\C(=O)O. The molecule has 0 aliphatic carbocycles. The Morgan fingerprint density at radius 2 is 2.12 bits per heavy atom. The molecular weight excluding hydrogens is 356 g/mol. The Bertz CT molecular complexity index is 794. The predicted molar refractivity (Wildman–Crippen MR) is 99.5 cm³/mol. The molecule has 0 saturated heterocycles. The van der Waals surface area contributed by atoms with Crippen LogP contribution >= 0.6 is 11.5 Å². The lowest BCUT2D eigenvalue weighted by atomic mass is 10.1. The van der Waals surface area contributed by atoms with Gasteiger partial charge in [0.1, 0.15) is 18.5 Å². The summed E-state index contributed by atoms with van der Waals surface area (Å²) in [6, 6.07) is 5.66. The number of carboxylic acids is 1. The number of aliphatic carboxylic acids is 1. The molecule has 7 nitrogen and oxygen atoms in total. The third-order valence-corrected chi connectivity index (χ3v) is 4.05. The number of esters is 1. The fourth-order valence-electron chi connectivity index (χ4n) is 2.07. The zero-order valence-electron chi connectivity index (χ0n) is 14.9. The Labute approximate surface area is 155 Å². The molecule has 0 fully saturated rings. The third kappa shape index (κ3) is 6.45. The van der Waals surface area contributed by atoms with Crippen molar-refractivity contribution >= 4 is 33.6 Å². The lowest BCUT2D eigenvalue weighted by Gasteiger charge is -2.25. The average molecular weight is 378 g/mol. The highest BCUT2D eigenvalue weighted by atomic mass is 32.1. The molecule has 1 heterocycles. The molecule has 0 saturated carbocycles. The van der Waals surface area contributed by atoms with Crippen LogP contribution in [0, 0.1) is 0 Å². The summed E-state index contributed by atoms with van der Waals surface area (Å²) in [4.78, 5) is 22.3. The predicted octanol–water partition coefficient (Wildman–Crippen LogP) is 2.62. The van der Waals surface area contributed by atoms with E-state index in [1.165, 1.54) is 11.5 Å². The highest BCUT2D eigenvalue weighted by Crippen LogP contribution is 2.27. The first-order valence-electron chi connectivity index (χ1n) is 8.07. The molecular formula is C18H22N2O5S. The first-order chi connectivity index (χ1) is 12.2. The number of benzene rings is 1. The van der Waals surface area contributed by atoms with Crippen molar-refractivity contribution in [3.05, 3.63) is 36.5 Å². The quantitative estimate of drug-likeness (QED) is 0.538. The maximum atomic E-state index is 11.8. The molecule has 2 aromatic rings. The van der Waals surface area contributed by atoms with Crippen LogP contribution in [0.1, 0.15) is 20.8 Å². The van der Waals surface area contributed by atoms with E-state index < -0.39 is 18.0 Å². The van der Waals surface area contributed by atoms with E-state index in [1.807, 2.05) is 39.0 Å². The van der Waals surface area contributed by atoms with Crippen LogP contribution in [0.5, 0.6) is 5.75 Å². The van der Waals surface area contributed by atoms with Gasteiger partial charge in [0.05, 0.1) is 16.3 Å². The van der Waals surface area contributed by atoms with Gasteiger partial charge in [0, 0.05) is 24.2 Å². The third-order valence-electron chi connectivity index (χ3n) is 3.29. The normalized spacial score (nSPS) is 13.0. The minimum absolute atomic E-state index is 0.130. The van der Waals surface area contributed by atoms with Gasteiger partial charge in [0.2, 0.25) is 0 Å². The number of hydrogen-bond donors (Lipinski definition) is 2. The molecule has 0 radical (unpaired) electrons. The summed E-state index contributed by atoms with van der Waals surface area (Å²) >= 11 is 1.38. The minimum Gasteiger partial charge on any atom is -0.489 e. The number of nitrogens with one attached hydrogen (secondary N) is 1. The molecule has 0 bridgehead atoms. The second-order valence-electron chi connectivity index (χ2n) is 6.67. The van der Waals surface area contributed by atoms with E-state index in [-0.39, 0.29) is 12.1 Å². The van der Waals surface area contributed by atoms with E-state index in [1.54, 1.807) is 6.20 Å². The Balaban J connectivity index is 2.04. The van der Waals surface area contributed by atoms with Crippen LogP contribution in [0.15, 0.2) is 36.5 Å². The van der Waals surface area contributed by atoms with Gasteiger partial charge < -0.3 is 19.9 Å². The lowest BCUT2D eigenvalue weighted by molar-refractivity contribution is -0.145. The molecule has 0 amide bonds. The van der Waals surface area contributed by atoms with Crippen LogP contribution in [0.25, 0.3) is 10.1 Å². The van der Waals surface area contributed by atoms with Crippen molar-refractivity contribution in [2.24, 2.45) is 0 Å². The zero-order chi connectivity index (χ0) is 19.2. The molecule has 0 aliphatic rings. The molecule has 2 rings (SSSR count). The van der Waals surface area contributed by atoms with Gasteiger partial charge >= 0.3 is 11.9 Å². The van der Waals surface area contributed by atoms with Crippen LogP contribution in [-0.2, 0) is 14.3 Å². The number of aromatic nitrogens is 1. The fourth-order valence-corrected chi connectivity index (χ4v) is 2.74. The molecule has 26 heavy (non-hydrogen) atoms. The number of hydrogen-bond acceptors (Lipinski definition) is 7. The molecule has 0 spiro atoms. The highest BCUT2D eigenvalue weighted by Gasteiger charge is 2.19. The van der Waals surface area contributed by atoms with Crippen LogP contribution in [0.4, 0.5) is 0 Å². The van der Waals surface area contributed by atoms with Crippen LogP contribution in [-0.4, -0.2) is 46.2 Å². The number of rotatable bonds is 8. The summed E-state index contributed by atoms with van der Waals surface area (Å²) in [6.07, 6.45) is 2.78. The monoisotopic (exact) mass is 378 g/mol. The summed E-state index contributed by atoms with van der Waals surface area (Å²) in [5.41, 5.74) is -0.168. The van der Waals surface area contributed by atoms with E-state index in [0.29, 0.717) is 12.3 Å². The van der Waals surface area contributed by atoms with Gasteiger partial charge in [-0.1, -0.05) is 6.07 Å². The van der Waals surface area contributed by atoms with Gasteiger partial charge in [0.15, 0.2) is 0 Å². The Kier molecular flexibility index (Phi) is 6.70. The van der Waals surface area contributed by atoms with Crippen LogP contribution < -0.4 is 10.1 Å². The molecule has 8 heteroatoms. The maximum Gasteiger partial charge on any atom is 0.331 e. The van der Waals surface area contributed by atoms with E-state index in [0.717, 1.165) is 22.2 Å². The number of carbonyl (C=O) groups is 2. The second-order valence-corrected chi connectivity index (χ2v) is 7.50. The van der Waals surface area contributed by atoms with E-state index in [4.69, 9.17) is 14.6 Å². The van der Waals surface area contributed by atoms with Gasteiger partial charge in [-0.15, -0.1) is 0 Å².